The molecule has 0 spiro atoms. The second-order valence-corrected chi connectivity index (χ2v) is 7.81. The Morgan fingerprint density at radius 2 is 1.77 bits per heavy atom. The first-order valence-corrected chi connectivity index (χ1v) is 9.93. The number of ether oxygens (including phenoxy) is 1. The van der Waals surface area contributed by atoms with Crippen molar-refractivity contribution in [2.75, 3.05) is 18.9 Å². The van der Waals surface area contributed by atoms with E-state index in [0.29, 0.717) is 30.3 Å². The van der Waals surface area contributed by atoms with Crippen molar-refractivity contribution in [1.29, 1.82) is 0 Å². The zero-order valence-electron chi connectivity index (χ0n) is 18.3. The number of carbonyl (C=O) groups is 1. The van der Waals surface area contributed by atoms with Crippen LogP contribution in [0.3, 0.4) is 0 Å². The van der Waals surface area contributed by atoms with Gasteiger partial charge in [0.25, 0.3) is 5.69 Å². The number of nitro groups is 1. The molecule has 0 aliphatic heterocycles. The summed E-state index contributed by atoms with van der Waals surface area (Å²) in [6.07, 6.45) is 0.245. The third kappa shape index (κ3) is 8.33. The van der Waals surface area contributed by atoms with E-state index < -0.39 is 16.6 Å². The fourth-order valence-corrected chi connectivity index (χ4v) is 2.74. The van der Waals surface area contributed by atoms with Crippen LogP contribution in [0.5, 0.6) is 0 Å². The Balaban J connectivity index is 1.80. The number of aliphatic imine (C=N–C) groups is 1. The Bertz CT molecular complexity index is 920. The van der Waals surface area contributed by atoms with Crippen LogP contribution in [0.4, 0.5) is 16.2 Å². The number of benzene rings is 2. The average molecular weight is 428 g/mol. The average Bonchev–Trinajstić information content (AvgIpc) is 2.70. The highest BCUT2D eigenvalue weighted by molar-refractivity contribution is 5.84. The zero-order valence-corrected chi connectivity index (χ0v) is 18.3. The highest BCUT2D eigenvalue weighted by Crippen LogP contribution is 2.17. The number of hydrogen-bond acceptors (Lipinski definition) is 5. The molecule has 31 heavy (non-hydrogen) atoms. The number of nitrogens with zero attached hydrogens (tertiary/aromatic N) is 2. The molecule has 0 heterocycles. The highest BCUT2D eigenvalue weighted by Gasteiger charge is 2.16. The summed E-state index contributed by atoms with van der Waals surface area (Å²) in [5.74, 6) is 0.557. The number of anilines is 1. The lowest BCUT2D eigenvalue weighted by Gasteiger charge is -2.19. The van der Waals surface area contributed by atoms with Crippen LogP contribution in [0.1, 0.15) is 31.9 Å². The van der Waals surface area contributed by atoms with Gasteiger partial charge in [0.15, 0.2) is 5.96 Å². The van der Waals surface area contributed by atoms with Crippen molar-refractivity contribution >= 4 is 23.4 Å². The van der Waals surface area contributed by atoms with Crippen molar-refractivity contribution in [3.63, 3.8) is 0 Å². The predicted molar refractivity (Wildman–Crippen MR) is 121 cm³/mol. The molecule has 0 unspecified atom stereocenters. The van der Waals surface area contributed by atoms with Gasteiger partial charge in [-0.3, -0.25) is 20.4 Å². The highest BCUT2D eigenvalue weighted by atomic mass is 16.6. The predicted octanol–water partition coefficient (Wildman–Crippen LogP) is 3.85. The standard InChI is InChI=1S/C22H29N5O4/c1-22(2,3)31-21(28)26-18-11-9-16(10-12-18)13-14-24-20(23-4)25-15-17-7-5-6-8-19(17)27(29)30/h5-12H,13-15H2,1-4H3,(H,26,28)(H2,23,24,25). The molecule has 2 rings (SSSR count). The van der Waals surface area contributed by atoms with Crippen LogP contribution < -0.4 is 16.0 Å². The fraction of sp³-hybridized carbons (Fsp3) is 0.364. The van der Waals surface area contributed by atoms with Gasteiger partial charge in [-0.2, -0.15) is 0 Å². The third-order valence-corrected chi connectivity index (χ3v) is 4.16. The van der Waals surface area contributed by atoms with E-state index in [2.05, 4.69) is 20.9 Å². The van der Waals surface area contributed by atoms with E-state index >= 15 is 0 Å². The topological polar surface area (TPSA) is 118 Å². The first-order chi connectivity index (χ1) is 14.7. The Labute approximate surface area is 182 Å². The molecule has 0 atom stereocenters. The van der Waals surface area contributed by atoms with Gasteiger partial charge < -0.3 is 15.4 Å². The summed E-state index contributed by atoms with van der Waals surface area (Å²) >= 11 is 0. The quantitative estimate of drug-likeness (QED) is 0.267. The van der Waals surface area contributed by atoms with Crippen LogP contribution in [-0.2, 0) is 17.7 Å². The lowest BCUT2D eigenvalue weighted by molar-refractivity contribution is -0.385. The molecular weight excluding hydrogens is 398 g/mol. The van der Waals surface area contributed by atoms with Crippen LogP contribution in [0.25, 0.3) is 0 Å². The summed E-state index contributed by atoms with van der Waals surface area (Å²) < 4.78 is 5.23. The first-order valence-electron chi connectivity index (χ1n) is 9.93. The van der Waals surface area contributed by atoms with E-state index in [4.69, 9.17) is 4.74 Å². The Hall–Kier alpha value is -3.62. The van der Waals surface area contributed by atoms with Crippen LogP contribution in [0, 0.1) is 10.1 Å². The second kappa shape index (κ2) is 11.0. The van der Waals surface area contributed by atoms with Crippen LogP contribution in [0.15, 0.2) is 53.5 Å². The van der Waals surface area contributed by atoms with Crippen molar-refractivity contribution in [2.45, 2.75) is 39.3 Å². The molecule has 0 aliphatic rings. The maximum absolute atomic E-state index is 11.8. The molecule has 0 aliphatic carbocycles. The van der Waals surface area contributed by atoms with E-state index in [1.165, 1.54) is 6.07 Å². The number of hydrogen-bond donors (Lipinski definition) is 3. The molecule has 2 aromatic carbocycles. The SMILES string of the molecule is CN=C(NCCc1ccc(NC(=O)OC(C)(C)C)cc1)NCc1ccccc1[N+](=O)[O-]. The minimum absolute atomic E-state index is 0.0746. The number of rotatable bonds is 7. The van der Waals surface area contributed by atoms with Gasteiger partial charge in [0, 0.05) is 37.5 Å². The molecule has 3 N–H and O–H groups in total. The van der Waals surface area contributed by atoms with Gasteiger partial charge in [-0.15, -0.1) is 0 Å². The second-order valence-electron chi connectivity index (χ2n) is 7.81. The summed E-state index contributed by atoms with van der Waals surface area (Å²) in [6, 6.07) is 14.1. The van der Waals surface area contributed by atoms with Crippen LogP contribution in [-0.4, -0.2) is 36.2 Å². The van der Waals surface area contributed by atoms with Crippen LogP contribution >= 0.6 is 0 Å². The normalized spacial score (nSPS) is 11.5. The number of nitro benzene ring substituents is 1. The Morgan fingerprint density at radius 1 is 1.10 bits per heavy atom. The minimum atomic E-state index is -0.548. The lowest BCUT2D eigenvalue weighted by Crippen LogP contribution is -2.38. The number of guanidine groups is 1. The van der Waals surface area contributed by atoms with Crippen molar-refractivity contribution in [1.82, 2.24) is 10.6 Å². The fourth-order valence-electron chi connectivity index (χ4n) is 2.74. The molecule has 1 amide bonds. The Kier molecular flexibility index (Phi) is 8.36. The molecule has 2 aromatic rings. The van der Waals surface area contributed by atoms with Crippen LogP contribution in [0.2, 0.25) is 0 Å². The number of para-hydroxylation sites is 1. The van der Waals surface area contributed by atoms with Crippen molar-refractivity contribution in [3.05, 3.63) is 69.8 Å². The van der Waals surface area contributed by atoms with Gasteiger partial charge in [0.2, 0.25) is 0 Å². The molecule has 0 bridgehead atoms. The summed E-state index contributed by atoms with van der Waals surface area (Å²) in [6.45, 7) is 6.35. The molecule has 0 saturated heterocycles. The van der Waals surface area contributed by atoms with Gasteiger partial charge in [-0.25, -0.2) is 4.79 Å². The molecule has 9 nitrogen and oxygen atoms in total. The number of carbonyl (C=O) groups excluding carboxylic acids is 1. The molecule has 0 radical (unpaired) electrons. The van der Waals surface area contributed by atoms with Gasteiger partial charge in [0.1, 0.15) is 5.60 Å². The van der Waals surface area contributed by atoms with Gasteiger partial charge in [-0.1, -0.05) is 30.3 Å². The van der Waals surface area contributed by atoms with Gasteiger partial charge in [-0.05, 0) is 44.9 Å². The number of amides is 1. The summed E-state index contributed by atoms with van der Waals surface area (Å²) in [5, 5.41) is 20.1. The smallest absolute Gasteiger partial charge is 0.412 e. The largest absolute Gasteiger partial charge is 0.444 e. The maximum Gasteiger partial charge on any atom is 0.412 e. The first kappa shape index (κ1) is 23.7. The zero-order chi connectivity index (χ0) is 22.9. The molecule has 9 heteroatoms. The maximum atomic E-state index is 11.8. The van der Waals surface area contributed by atoms with Crippen molar-refractivity contribution in [2.24, 2.45) is 4.99 Å². The third-order valence-electron chi connectivity index (χ3n) is 4.16. The minimum Gasteiger partial charge on any atom is -0.444 e. The monoisotopic (exact) mass is 427 g/mol. The van der Waals surface area contributed by atoms with Gasteiger partial charge in [0.05, 0.1) is 4.92 Å². The summed E-state index contributed by atoms with van der Waals surface area (Å²) in [4.78, 5) is 26.7. The Morgan fingerprint density at radius 3 is 2.39 bits per heavy atom. The van der Waals surface area contributed by atoms with Gasteiger partial charge >= 0.3 is 6.09 Å². The molecule has 0 fully saturated rings. The molecular formula is C22H29N5O4. The summed E-state index contributed by atoms with van der Waals surface area (Å²) in [5.41, 5.74) is 1.85. The van der Waals surface area contributed by atoms with E-state index in [1.54, 1.807) is 25.2 Å². The van der Waals surface area contributed by atoms with Crippen molar-refractivity contribution < 1.29 is 14.5 Å². The molecule has 166 valence electrons. The van der Waals surface area contributed by atoms with E-state index in [0.717, 1.165) is 12.0 Å². The molecule has 0 aromatic heterocycles. The molecule has 0 saturated carbocycles. The lowest BCUT2D eigenvalue weighted by atomic mass is 10.1. The van der Waals surface area contributed by atoms with Crippen molar-refractivity contribution in [3.8, 4) is 0 Å². The summed E-state index contributed by atoms with van der Waals surface area (Å²) in [7, 11) is 1.64. The van der Waals surface area contributed by atoms with E-state index in [1.807, 2.05) is 45.0 Å². The van der Waals surface area contributed by atoms with E-state index in [9.17, 15) is 14.9 Å². The number of nitrogens with one attached hydrogen (secondary N) is 3. The van der Waals surface area contributed by atoms with E-state index in [-0.39, 0.29) is 5.69 Å².